The van der Waals surface area contributed by atoms with E-state index in [9.17, 15) is 10.1 Å². The SMILES string of the molecule is C=Cc1ccc(Cl)c(Cl)c1.C=Cc1cccc([N+](=O)[O-])c1. The molecule has 0 radical (unpaired) electrons. The van der Waals surface area contributed by atoms with Crippen LogP contribution in [0.25, 0.3) is 12.2 Å². The molecule has 0 aliphatic heterocycles. The van der Waals surface area contributed by atoms with Crippen molar-refractivity contribution in [3.05, 3.63) is 86.9 Å². The van der Waals surface area contributed by atoms with E-state index in [0.29, 0.717) is 10.0 Å². The van der Waals surface area contributed by atoms with Crippen molar-refractivity contribution in [3.63, 3.8) is 0 Å². The van der Waals surface area contributed by atoms with E-state index < -0.39 is 4.92 Å². The van der Waals surface area contributed by atoms with Gasteiger partial charge in [-0.05, 0) is 23.3 Å². The average Bonchev–Trinajstić information content (AvgIpc) is 2.50. The summed E-state index contributed by atoms with van der Waals surface area (Å²) in [6.45, 7) is 7.11. The maximum Gasteiger partial charge on any atom is 0.270 e. The van der Waals surface area contributed by atoms with Crippen molar-refractivity contribution in [1.82, 2.24) is 0 Å². The molecule has 2 aromatic rings. The van der Waals surface area contributed by atoms with Crippen molar-refractivity contribution in [2.45, 2.75) is 0 Å². The van der Waals surface area contributed by atoms with Crippen LogP contribution >= 0.6 is 23.2 Å². The number of nitro benzene ring substituents is 1. The van der Waals surface area contributed by atoms with Crippen LogP contribution in [0.2, 0.25) is 10.0 Å². The highest BCUT2D eigenvalue weighted by Gasteiger charge is 2.02. The first-order chi connectivity index (χ1) is 9.97. The Morgan fingerprint density at radius 1 is 0.952 bits per heavy atom. The van der Waals surface area contributed by atoms with Gasteiger partial charge in [0.2, 0.25) is 0 Å². The summed E-state index contributed by atoms with van der Waals surface area (Å²) in [6, 6.07) is 11.7. The predicted molar refractivity (Wildman–Crippen MR) is 89.7 cm³/mol. The maximum atomic E-state index is 10.2. The largest absolute Gasteiger partial charge is 0.270 e. The summed E-state index contributed by atoms with van der Waals surface area (Å²) in [6.07, 6.45) is 3.30. The Labute approximate surface area is 133 Å². The first kappa shape index (κ1) is 17.0. The van der Waals surface area contributed by atoms with Gasteiger partial charge in [0.25, 0.3) is 5.69 Å². The Balaban J connectivity index is 0.000000211. The lowest BCUT2D eigenvalue weighted by atomic mass is 10.2. The average molecular weight is 322 g/mol. The third kappa shape index (κ3) is 5.42. The molecule has 3 nitrogen and oxygen atoms in total. The van der Waals surface area contributed by atoms with E-state index in [4.69, 9.17) is 23.2 Å². The summed E-state index contributed by atoms with van der Waals surface area (Å²) < 4.78 is 0. The van der Waals surface area contributed by atoms with Crippen molar-refractivity contribution in [3.8, 4) is 0 Å². The van der Waals surface area contributed by atoms with Gasteiger partial charge in [0.05, 0.1) is 15.0 Å². The number of hydrogen-bond acceptors (Lipinski definition) is 2. The standard InChI is InChI=1S/C8H6Cl2.C8H7NO2/c1-2-6-3-4-7(9)8(10)5-6;1-2-7-4-3-5-8(6-7)9(10)11/h2-5H,1H2;2-6H,1H2. The van der Waals surface area contributed by atoms with Gasteiger partial charge in [0.1, 0.15) is 0 Å². The Kier molecular flexibility index (Phi) is 6.66. The van der Waals surface area contributed by atoms with Crippen LogP contribution in [0.15, 0.2) is 55.6 Å². The fourth-order valence-corrected chi connectivity index (χ4v) is 1.71. The van der Waals surface area contributed by atoms with Gasteiger partial charge < -0.3 is 0 Å². The van der Waals surface area contributed by atoms with Crippen LogP contribution in [0.1, 0.15) is 11.1 Å². The van der Waals surface area contributed by atoms with Gasteiger partial charge in [-0.25, -0.2) is 0 Å². The quantitative estimate of drug-likeness (QED) is 0.523. The van der Waals surface area contributed by atoms with Crippen LogP contribution in [-0.4, -0.2) is 4.92 Å². The second kappa shape index (κ2) is 8.25. The lowest BCUT2D eigenvalue weighted by molar-refractivity contribution is -0.384. The monoisotopic (exact) mass is 321 g/mol. The fraction of sp³-hybridized carbons (Fsp3) is 0. The van der Waals surface area contributed by atoms with Crippen molar-refractivity contribution < 1.29 is 4.92 Å². The molecule has 0 bridgehead atoms. The summed E-state index contributed by atoms with van der Waals surface area (Å²) in [5.41, 5.74) is 1.84. The summed E-state index contributed by atoms with van der Waals surface area (Å²) in [5, 5.41) is 11.4. The first-order valence-electron chi connectivity index (χ1n) is 5.92. The number of halogens is 2. The molecule has 0 unspecified atom stereocenters. The van der Waals surface area contributed by atoms with Crippen LogP contribution in [0.5, 0.6) is 0 Å². The molecule has 0 atom stereocenters. The number of hydrogen-bond donors (Lipinski definition) is 0. The second-order valence-corrected chi connectivity index (χ2v) is 4.75. The zero-order valence-corrected chi connectivity index (χ0v) is 12.6. The van der Waals surface area contributed by atoms with Crippen LogP contribution in [0.3, 0.4) is 0 Å². The van der Waals surface area contributed by atoms with E-state index in [0.717, 1.165) is 11.1 Å². The van der Waals surface area contributed by atoms with Crippen molar-refractivity contribution in [1.29, 1.82) is 0 Å². The van der Waals surface area contributed by atoms with E-state index in [1.165, 1.54) is 12.1 Å². The lowest BCUT2D eigenvalue weighted by Crippen LogP contribution is -1.86. The zero-order valence-electron chi connectivity index (χ0n) is 11.1. The topological polar surface area (TPSA) is 43.1 Å². The van der Waals surface area contributed by atoms with Crippen molar-refractivity contribution in [2.24, 2.45) is 0 Å². The molecule has 0 N–H and O–H groups in total. The minimum Gasteiger partial charge on any atom is -0.258 e. The fourth-order valence-electron chi connectivity index (χ4n) is 1.40. The number of rotatable bonds is 3. The van der Waals surface area contributed by atoms with Crippen molar-refractivity contribution in [2.75, 3.05) is 0 Å². The van der Waals surface area contributed by atoms with Gasteiger partial charge in [-0.1, -0.05) is 66.7 Å². The minimum absolute atomic E-state index is 0.0994. The Morgan fingerprint density at radius 2 is 1.57 bits per heavy atom. The van der Waals surface area contributed by atoms with Gasteiger partial charge in [0.15, 0.2) is 0 Å². The maximum absolute atomic E-state index is 10.2. The molecule has 0 saturated carbocycles. The molecule has 0 heterocycles. The summed E-state index contributed by atoms with van der Waals surface area (Å²) in [5.74, 6) is 0. The van der Waals surface area contributed by atoms with E-state index in [1.807, 2.05) is 6.07 Å². The molecule has 0 spiro atoms. The number of benzene rings is 2. The van der Waals surface area contributed by atoms with Gasteiger partial charge >= 0.3 is 0 Å². The van der Waals surface area contributed by atoms with Gasteiger partial charge in [-0.2, -0.15) is 0 Å². The molecule has 2 rings (SSSR count). The smallest absolute Gasteiger partial charge is 0.258 e. The highest BCUT2D eigenvalue weighted by Crippen LogP contribution is 2.22. The highest BCUT2D eigenvalue weighted by atomic mass is 35.5. The zero-order chi connectivity index (χ0) is 15.8. The summed E-state index contributed by atoms with van der Waals surface area (Å²) in [7, 11) is 0. The van der Waals surface area contributed by atoms with Crippen LogP contribution < -0.4 is 0 Å². The van der Waals surface area contributed by atoms with E-state index >= 15 is 0 Å². The summed E-state index contributed by atoms with van der Waals surface area (Å²) in [4.78, 5) is 9.82. The molecule has 0 aromatic heterocycles. The Bertz CT molecular complexity index is 669. The summed E-state index contributed by atoms with van der Waals surface area (Å²) >= 11 is 11.4. The molecule has 0 fully saturated rings. The lowest BCUT2D eigenvalue weighted by Gasteiger charge is -1.95. The number of non-ortho nitro benzene ring substituents is 1. The third-order valence-electron chi connectivity index (χ3n) is 2.50. The van der Waals surface area contributed by atoms with Crippen LogP contribution in [-0.2, 0) is 0 Å². The molecule has 0 aliphatic carbocycles. The molecular weight excluding hydrogens is 309 g/mol. The molecule has 0 amide bonds. The molecule has 21 heavy (non-hydrogen) atoms. The van der Waals surface area contributed by atoms with Gasteiger partial charge in [-0.3, -0.25) is 10.1 Å². The normalized spacial score (nSPS) is 9.24. The molecule has 0 aliphatic rings. The first-order valence-corrected chi connectivity index (χ1v) is 6.68. The van der Waals surface area contributed by atoms with Crippen LogP contribution in [0.4, 0.5) is 5.69 Å². The minimum atomic E-state index is -0.424. The van der Waals surface area contributed by atoms with Gasteiger partial charge in [0, 0.05) is 12.1 Å². The van der Waals surface area contributed by atoms with E-state index in [1.54, 1.807) is 36.4 Å². The number of nitro groups is 1. The van der Waals surface area contributed by atoms with E-state index in [-0.39, 0.29) is 5.69 Å². The third-order valence-corrected chi connectivity index (χ3v) is 3.24. The molecule has 0 saturated heterocycles. The Hall–Kier alpha value is -2.10. The second-order valence-electron chi connectivity index (χ2n) is 3.93. The Morgan fingerprint density at radius 3 is 2.10 bits per heavy atom. The molecular formula is C16H13Cl2NO2. The molecule has 5 heteroatoms. The number of nitrogens with zero attached hydrogens (tertiary/aromatic N) is 1. The van der Waals surface area contributed by atoms with Crippen molar-refractivity contribution >= 4 is 41.0 Å². The highest BCUT2D eigenvalue weighted by molar-refractivity contribution is 6.42. The molecule has 2 aromatic carbocycles. The van der Waals surface area contributed by atoms with Gasteiger partial charge in [-0.15, -0.1) is 0 Å². The predicted octanol–water partition coefficient (Wildman–Crippen LogP) is 5.87. The van der Waals surface area contributed by atoms with Crippen LogP contribution in [0, 0.1) is 10.1 Å². The van der Waals surface area contributed by atoms with E-state index in [2.05, 4.69) is 13.2 Å². The molecule has 108 valence electrons.